The number of hydrogen-bond acceptors (Lipinski definition) is 4. The normalized spacial score (nSPS) is 21.0. The highest BCUT2D eigenvalue weighted by Crippen LogP contribution is 2.17. The fraction of sp³-hybridized carbons (Fsp3) is 0.600. The maximum atomic E-state index is 13.0. The van der Waals surface area contributed by atoms with Gasteiger partial charge in [-0.15, -0.1) is 0 Å². The standard InChI is InChI=1S/C20H30FN3O3/c1-14-10-23(11-15(2)27-14)13-19(26)24(20(3,4)5)12-18(25)22-17-8-6-16(21)7-9-17/h6-9,14-15H,10-13H2,1-5H3,(H,22,25)/t14-,15-/m1/s1. The van der Waals surface area contributed by atoms with Crippen LogP contribution in [0.1, 0.15) is 34.6 Å². The summed E-state index contributed by atoms with van der Waals surface area (Å²) >= 11 is 0. The number of morpholine rings is 1. The largest absolute Gasteiger partial charge is 0.373 e. The molecular weight excluding hydrogens is 349 g/mol. The van der Waals surface area contributed by atoms with Gasteiger partial charge in [-0.05, 0) is 58.9 Å². The fourth-order valence-corrected chi connectivity index (χ4v) is 3.27. The van der Waals surface area contributed by atoms with Gasteiger partial charge in [0.1, 0.15) is 12.4 Å². The molecule has 1 saturated heterocycles. The van der Waals surface area contributed by atoms with Gasteiger partial charge in [0.25, 0.3) is 0 Å². The third-order valence-electron chi connectivity index (χ3n) is 4.39. The summed E-state index contributed by atoms with van der Waals surface area (Å²) in [6, 6.07) is 5.55. The van der Waals surface area contributed by atoms with Gasteiger partial charge in [-0.25, -0.2) is 4.39 Å². The molecule has 7 heteroatoms. The summed E-state index contributed by atoms with van der Waals surface area (Å²) in [6.07, 6.45) is 0.151. The molecule has 0 unspecified atom stereocenters. The second kappa shape index (κ2) is 8.80. The van der Waals surface area contributed by atoms with E-state index >= 15 is 0 Å². The zero-order valence-electron chi connectivity index (χ0n) is 16.8. The Morgan fingerprint density at radius 1 is 1.19 bits per heavy atom. The third-order valence-corrected chi connectivity index (χ3v) is 4.39. The maximum absolute atomic E-state index is 13.0. The number of benzene rings is 1. The van der Waals surface area contributed by atoms with Crippen LogP contribution in [0.15, 0.2) is 24.3 Å². The van der Waals surface area contributed by atoms with E-state index < -0.39 is 5.54 Å². The van der Waals surface area contributed by atoms with Crippen LogP contribution in [0.4, 0.5) is 10.1 Å². The topological polar surface area (TPSA) is 61.9 Å². The molecule has 150 valence electrons. The molecule has 0 aliphatic carbocycles. The molecule has 6 nitrogen and oxygen atoms in total. The van der Waals surface area contributed by atoms with E-state index in [1.54, 1.807) is 4.90 Å². The van der Waals surface area contributed by atoms with Gasteiger partial charge in [0.15, 0.2) is 0 Å². The van der Waals surface area contributed by atoms with Crippen LogP contribution >= 0.6 is 0 Å². The van der Waals surface area contributed by atoms with Crippen LogP contribution in [0, 0.1) is 5.82 Å². The third kappa shape index (κ3) is 6.59. The summed E-state index contributed by atoms with van der Waals surface area (Å²) in [5, 5.41) is 2.71. The smallest absolute Gasteiger partial charge is 0.244 e. The van der Waals surface area contributed by atoms with Crippen LogP contribution in [0.2, 0.25) is 0 Å². The van der Waals surface area contributed by atoms with E-state index in [4.69, 9.17) is 4.74 Å². The predicted molar refractivity (Wildman–Crippen MR) is 103 cm³/mol. The molecule has 2 amide bonds. The van der Waals surface area contributed by atoms with Crippen molar-refractivity contribution in [3.8, 4) is 0 Å². The van der Waals surface area contributed by atoms with Gasteiger partial charge >= 0.3 is 0 Å². The van der Waals surface area contributed by atoms with Crippen LogP contribution in [0.5, 0.6) is 0 Å². The average Bonchev–Trinajstić information content (AvgIpc) is 2.52. The number of anilines is 1. The number of nitrogens with one attached hydrogen (secondary N) is 1. The van der Waals surface area contributed by atoms with E-state index in [1.807, 2.05) is 34.6 Å². The molecule has 1 heterocycles. The summed E-state index contributed by atoms with van der Waals surface area (Å²) in [7, 11) is 0. The summed E-state index contributed by atoms with van der Waals surface area (Å²) in [5.41, 5.74) is -0.000622. The quantitative estimate of drug-likeness (QED) is 0.854. The first-order valence-electron chi connectivity index (χ1n) is 9.28. The monoisotopic (exact) mass is 379 g/mol. The van der Waals surface area contributed by atoms with Crippen LogP contribution in [0.25, 0.3) is 0 Å². The van der Waals surface area contributed by atoms with Gasteiger partial charge in [0.05, 0.1) is 18.8 Å². The molecule has 0 radical (unpaired) electrons. The SMILES string of the molecule is C[C@@H]1CN(CC(=O)N(CC(=O)Nc2ccc(F)cc2)C(C)(C)C)C[C@@H](C)O1. The van der Waals surface area contributed by atoms with Crippen molar-refractivity contribution in [1.82, 2.24) is 9.80 Å². The Hall–Kier alpha value is -1.99. The number of halogens is 1. The molecule has 0 bridgehead atoms. The molecule has 1 aliphatic heterocycles. The van der Waals surface area contributed by atoms with Gasteiger partial charge < -0.3 is 15.0 Å². The van der Waals surface area contributed by atoms with Crippen molar-refractivity contribution in [2.45, 2.75) is 52.4 Å². The molecule has 1 aromatic carbocycles. The number of rotatable bonds is 5. The minimum absolute atomic E-state index is 0.0604. The average molecular weight is 379 g/mol. The highest BCUT2D eigenvalue weighted by molar-refractivity contribution is 5.95. The molecule has 1 fully saturated rings. The molecule has 0 saturated carbocycles. The van der Waals surface area contributed by atoms with Crippen LogP contribution < -0.4 is 5.32 Å². The van der Waals surface area contributed by atoms with Crippen LogP contribution in [0.3, 0.4) is 0 Å². The molecule has 0 spiro atoms. The number of ether oxygens (including phenoxy) is 1. The van der Waals surface area contributed by atoms with Crippen molar-refractivity contribution in [2.75, 3.05) is 31.5 Å². The van der Waals surface area contributed by atoms with Crippen LogP contribution in [-0.2, 0) is 14.3 Å². The first kappa shape index (κ1) is 21.3. The number of carbonyl (C=O) groups excluding carboxylic acids is 2. The first-order valence-corrected chi connectivity index (χ1v) is 9.28. The predicted octanol–water partition coefficient (Wildman–Crippen LogP) is 2.50. The van der Waals surface area contributed by atoms with Crippen LogP contribution in [-0.4, -0.2) is 65.5 Å². The molecule has 27 heavy (non-hydrogen) atoms. The number of nitrogens with zero attached hydrogens (tertiary/aromatic N) is 2. The van der Waals surface area contributed by atoms with Gasteiger partial charge in [-0.1, -0.05) is 0 Å². The highest BCUT2D eigenvalue weighted by atomic mass is 19.1. The maximum Gasteiger partial charge on any atom is 0.244 e. The Kier molecular flexibility index (Phi) is 6.95. The number of amides is 2. The van der Waals surface area contributed by atoms with Gasteiger partial charge in [0, 0.05) is 24.3 Å². The van der Waals surface area contributed by atoms with Crippen molar-refractivity contribution in [3.05, 3.63) is 30.1 Å². The fourth-order valence-electron chi connectivity index (χ4n) is 3.27. The van der Waals surface area contributed by atoms with Crippen molar-refractivity contribution in [2.24, 2.45) is 0 Å². The minimum Gasteiger partial charge on any atom is -0.373 e. The highest BCUT2D eigenvalue weighted by Gasteiger charge is 2.31. The van der Waals surface area contributed by atoms with E-state index in [9.17, 15) is 14.0 Å². The Bertz CT molecular complexity index is 647. The molecule has 1 N–H and O–H groups in total. The van der Waals surface area contributed by atoms with Gasteiger partial charge in [0.2, 0.25) is 11.8 Å². The van der Waals surface area contributed by atoms with Crippen molar-refractivity contribution >= 4 is 17.5 Å². The lowest BCUT2D eigenvalue weighted by molar-refractivity contribution is -0.143. The lowest BCUT2D eigenvalue weighted by Gasteiger charge is -2.39. The van der Waals surface area contributed by atoms with E-state index in [1.165, 1.54) is 24.3 Å². The summed E-state index contributed by atoms with van der Waals surface area (Å²) < 4.78 is 18.7. The Morgan fingerprint density at radius 2 is 1.74 bits per heavy atom. The molecule has 2 rings (SSSR count). The van der Waals surface area contributed by atoms with Crippen molar-refractivity contribution in [1.29, 1.82) is 0 Å². The zero-order valence-corrected chi connectivity index (χ0v) is 16.8. The molecule has 0 aromatic heterocycles. The second-order valence-electron chi connectivity index (χ2n) is 8.16. The molecule has 1 aromatic rings. The minimum atomic E-state index is -0.499. The molecule has 2 atom stereocenters. The van der Waals surface area contributed by atoms with E-state index in [0.717, 1.165) is 0 Å². The second-order valence-corrected chi connectivity index (χ2v) is 8.16. The Balaban J connectivity index is 2.00. The number of carbonyl (C=O) groups is 2. The summed E-state index contributed by atoms with van der Waals surface area (Å²) in [5.74, 6) is -0.778. The van der Waals surface area contributed by atoms with E-state index in [-0.39, 0.29) is 42.9 Å². The van der Waals surface area contributed by atoms with E-state index in [2.05, 4.69) is 10.2 Å². The Morgan fingerprint density at radius 3 is 2.26 bits per heavy atom. The van der Waals surface area contributed by atoms with Crippen molar-refractivity contribution in [3.63, 3.8) is 0 Å². The van der Waals surface area contributed by atoms with Crippen molar-refractivity contribution < 1.29 is 18.7 Å². The Labute approximate surface area is 160 Å². The molecular formula is C20H30FN3O3. The zero-order chi connectivity index (χ0) is 20.2. The summed E-state index contributed by atoms with van der Waals surface area (Å²) in [6.45, 7) is 11.3. The van der Waals surface area contributed by atoms with Gasteiger partial charge in [-0.3, -0.25) is 14.5 Å². The summed E-state index contributed by atoms with van der Waals surface area (Å²) in [4.78, 5) is 29.0. The lowest BCUT2D eigenvalue weighted by atomic mass is 10.1. The van der Waals surface area contributed by atoms with E-state index in [0.29, 0.717) is 18.8 Å². The lowest BCUT2D eigenvalue weighted by Crippen LogP contribution is -2.55. The first-order chi connectivity index (χ1) is 12.5. The molecule has 1 aliphatic rings. The number of hydrogen-bond donors (Lipinski definition) is 1. The van der Waals surface area contributed by atoms with Gasteiger partial charge in [-0.2, -0.15) is 0 Å².